The lowest BCUT2D eigenvalue weighted by Gasteiger charge is -2.19. The quantitative estimate of drug-likeness (QED) is 0.799. The Morgan fingerprint density at radius 3 is 2.60 bits per heavy atom. The predicted molar refractivity (Wildman–Crippen MR) is 57.9 cm³/mol. The van der Waals surface area contributed by atoms with Gasteiger partial charge in [0.15, 0.2) is 0 Å². The minimum Gasteiger partial charge on any atom is -0.508 e. The first kappa shape index (κ1) is 11.6. The van der Waals surface area contributed by atoms with E-state index in [0.29, 0.717) is 0 Å². The summed E-state index contributed by atoms with van der Waals surface area (Å²) in [4.78, 5) is 10.9. The van der Waals surface area contributed by atoms with Gasteiger partial charge in [0.2, 0.25) is 0 Å². The van der Waals surface area contributed by atoms with Gasteiger partial charge < -0.3 is 10.2 Å². The summed E-state index contributed by atoms with van der Waals surface area (Å²) < 4.78 is 0. The van der Waals surface area contributed by atoms with Crippen LogP contribution in [0.15, 0.2) is 24.3 Å². The zero-order chi connectivity index (χ0) is 11.4. The van der Waals surface area contributed by atoms with Gasteiger partial charge in [0.05, 0.1) is 5.92 Å². The number of benzene rings is 1. The van der Waals surface area contributed by atoms with Crippen LogP contribution in [0.25, 0.3) is 0 Å². The lowest BCUT2D eigenvalue weighted by Crippen LogP contribution is -2.18. The number of rotatable bonds is 4. The highest BCUT2D eigenvalue weighted by atomic mass is 16.4. The molecule has 0 saturated carbocycles. The predicted octanol–water partition coefficient (Wildman–Crippen LogP) is 2.61. The number of carbonyl (C=O) groups is 1. The van der Waals surface area contributed by atoms with E-state index in [1.807, 2.05) is 13.0 Å². The van der Waals surface area contributed by atoms with E-state index in [-0.39, 0.29) is 11.7 Å². The van der Waals surface area contributed by atoms with Gasteiger partial charge in [0.25, 0.3) is 0 Å². The number of carboxylic acid groups (broad SMARTS) is 1. The number of carboxylic acids is 1. The van der Waals surface area contributed by atoms with Gasteiger partial charge in [-0.15, -0.1) is 0 Å². The Hall–Kier alpha value is -1.51. The van der Waals surface area contributed by atoms with Crippen LogP contribution in [-0.4, -0.2) is 16.2 Å². The summed E-state index contributed by atoms with van der Waals surface area (Å²) in [6.07, 6.45) is 0.747. The Morgan fingerprint density at radius 1 is 1.47 bits per heavy atom. The van der Waals surface area contributed by atoms with Gasteiger partial charge in [-0.1, -0.05) is 26.0 Å². The lowest BCUT2D eigenvalue weighted by molar-refractivity contribution is -0.141. The molecular formula is C12H16O3. The summed E-state index contributed by atoms with van der Waals surface area (Å²) in [5, 5.41) is 18.3. The van der Waals surface area contributed by atoms with Crippen molar-refractivity contribution in [3.63, 3.8) is 0 Å². The average Bonchev–Trinajstić information content (AvgIpc) is 2.18. The maximum atomic E-state index is 10.9. The van der Waals surface area contributed by atoms with Crippen molar-refractivity contribution in [3.8, 4) is 5.75 Å². The van der Waals surface area contributed by atoms with Crippen molar-refractivity contribution in [1.82, 2.24) is 0 Å². The molecule has 0 bridgehead atoms. The van der Waals surface area contributed by atoms with Crippen molar-refractivity contribution in [2.75, 3.05) is 0 Å². The van der Waals surface area contributed by atoms with E-state index in [1.54, 1.807) is 25.1 Å². The number of hydrogen-bond acceptors (Lipinski definition) is 2. The summed E-state index contributed by atoms with van der Waals surface area (Å²) in [5.74, 6) is -1.10. The molecule has 0 fully saturated rings. The molecule has 0 amide bonds. The van der Waals surface area contributed by atoms with Crippen molar-refractivity contribution in [2.24, 2.45) is 5.92 Å². The molecule has 0 spiro atoms. The second kappa shape index (κ2) is 4.82. The SMILES string of the molecule is CC[C@@H](c1cccc(O)c1)[C@@H](C)C(=O)O. The first-order valence-corrected chi connectivity index (χ1v) is 5.08. The van der Waals surface area contributed by atoms with Crippen molar-refractivity contribution >= 4 is 5.97 Å². The second-order valence-electron chi connectivity index (χ2n) is 3.74. The van der Waals surface area contributed by atoms with Gasteiger partial charge >= 0.3 is 5.97 Å². The maximum absolute atomic E-state index is 10.9. The molecule has 2 atom stereocenters. The highest BCUT2D eigenvalue weighted by molar-refractivity contribution is 5.71. The molecule has 0 radical (unpaired) electrons. The fourth-order valence-corrected chi connectivity index (χ4v) is 1.81. The standard InChI is InChI=1S/C12H16O3/c1-3-11(8(2)12(14)15)9-5-4-6-10(13)7-9/h4-8,11,13H,3H2,1-2H3,(H,14,15)/t8-,11-/m1/s1. The summed E-state index contributed by atoms with van der Waals surface area (Å²) >= 11 is 0. The molecular weight excluding hydrogens is 192 g/mol. The maximum Gasteiger partial charge on any atom is 0.306 e. The smallest absolute Gasteiger partial charge is 0.306 e. The molecule has 1 aromatic rings. The summed E-state index contributed by atoms with van der Waals surface area (Å²) in [7, 11) is 0. The van der Waals surface area contributed by atoms with Crippen LogP contribution in [-0.2, 0) is 4.79 Å². The van der Waals surface area contributed by atoms with Crippen LogP contribution in [0.3, 0.4) is 0 Å². The minimum atomic E-state index is -0.801. The highest BCUT2D eigenvalue weighted by Gasteiger charge is 2.23. The largest absolute Gasteiger partial charge is 0.508 e. The van der Waals surface area contributed by atoms with E-state index in [0.717, 1.165) is 12.0 Å². The summed E-state index contributed by atoms with van der Waals surface area (Å²) in [6.45, 7) is 3.65. The van der Waals surface area contributed by atoms with E-state index in [9.17, 15) is 9.90 Å². The Balaban J connectivity index is 2.97. The first-order chi connectivity index (χ1) is 7.06. The number of aliphatic carboxylic acids is 1. The normalized spacial score (nSPS) is 14.5. The molecule has 0 aromatic heterocycles. The van der Waals surface area contributed by atoms with Crippen LogP contribution in [0.1, 0.15) is 31.7 Å². The van der Waals surface area contributed by atoms with Crippen molar-refractivity contribution in [3.05, 3.63) is 29.8 Å². The van der Waals surface area contributed by atoms with Crippen LogP contribution in [0.5, 0.6) is 5.75 Å². The van der Waals surface area contributed by atoms with E-state index in [2.05, 4.69) is 0 Å². The summed E-state index contributed by atoms with van der Waals surface area (Å²) in [5.41, 5.74) is 0.882. The first-order valence-electron chi connectivity index (χ1n) is 5.08. The fraction of sp³-hybridized carbons (Fsp3) is 0.417. The number of phenolic OH excluding ortho intramolecular Hbond substituents is 1. The lowest BCUT2D eigenvalue weighted by atomic mass is 9.85. The number of aromatic hydroxyl groups is 1. The zero-order valence-corrected chi connectivity index (χ0v) is 8.97. The van der Waals surface area contributed by atoms with E-state index < -0.39 is 11.9 Å². The van der Waals surface area contributed by atoms with Crippen LogP contribution in [0, 0.1) is 5.92 Å². The summed E-state index contributed by atoms with van der Waals surface area (Å²) in [6, 6.07) is 6.81. The van der Waals surface area contributed by atoms with Gasteiger partial charge in [-0.05, 0) is 30.0 Å². The molecule has 3 nitrogen and oxygen atoms in total. The Morgan fingerprint density at radius 2 is 2.13 bits per heavy atom. The Labute approximate surface area is 89.4 Å². The fourth-order valence-electron chi connectivity index (χ4n) is 1.81. The molecule has 0 unspecified atom stereocenters. The molecule has 0 aliphatic carbocycles. The number of phenols is 1. The van der Waals surface area contributed by atoms with Gasteiger partial charge in [-0.3, -0.25) is 4.79 Å². The molecule has 15 heavy (non-hydrogen) atoms. The van der Waals surface area contributed by atoms with Gasteiger partial charge in [0, 0.05) is 0 Å². The van der Waals surface area contributed by atoms with Crippen LogP contribution >= 0.6 is 0 Å². The zero-order valence-electron chi connectivity index (χ0n) is 8.97. The van der Waals surface area contributed by atoms with Crippen molar-refractivity contribution < 1.29 is 15.0 Å². The van der Waals surface area contributed by atoms with E-state index >= 15 is 0 Å². The molecule has 3 heteroatoms. The third-order valence-corrected chi connectivity index (χ3v) is 2.73. The van der Waals surface area contributed by atoms with Crippen molar-refractivity contribution in [2.45, 2.75) is 26.2 Å². The van der Waals surface area contributed by atoms with Crippen LogP contribution in [0.2, 0.25) is 0 Å². The van der Waals surface area contributed by atoms with Crippen LogP contribution < -0.4 is 0 Å². The molecule has 0 aliphatic rings. The van der Waals surface area contributed by atoms with Gasteiger partial charge in [-0.25, -0.2) is 0 Å². The third-order valence-electron chi connectivity index (χ3n) is 2.73. The average molecular weight is 208 g/mol. The Kier molecular flexibility index (Phi) is 3.72. The topological polar surface area (TPSA) is 57.5 Å². The van der Waals surface area contributed by atoms with E-state index in [1.165, 1.54) is 0 Å². The molecule has 0 aliphatic heterocycles. The second-order valence-corrected chi connectivity index (χ2v) is 3.74. The molecule has 1 rings (SSSR count). The molecule has 2 N–H and O–H groups in total. The van der Waals surface area contributed by atoms with E-state index in [4.69, 9.17) is 5.11 Å². The van der Waals surface area contributed by atoms with Crippen molar-refractivity contribution in [1.29, 1.82) is 0 Å². The number of hydrogen-bond donors (Lipinski definition) is 2. The molecule has 0 heterocycles. The third kappa shape index (κ3) is 2.72. The monoisotopic (exact) mass is 208 g/mol. The van der Waals surface area contributed by atoms with Gasteiger partial charge in [0.1, 0.15) is 5.75 Å². The molecule has 1 aromatic carbocycles. The van der Waals surface area contributed by atoms with Crippen LogP contribution in [0.4, 0.5) is 0 Å². The highest BCUT2D eigenvalue weighted by Crippen LogP contribution is 2.29. The Bertz CT molecular complexity index is 346. The molecule has 82 valence electrons. The minimum absolute atomic E-state index is 0.0467. The van der Waals surface area contributed by atoms with Gasteiger partial charge in [-0.2, -0.15) is 0 Å². The molecule has 0 saturated heterocycles.